The minimum atomic E-state index is -3.53. The summed E-state index contributed by atoms with van der Waals surface area (Å²) in [5, 5.41) is -0.136. The van der Waals surface area contributed by atoms with Crippen molar-refractivity contribution >= 4 is 32.5 Å². The predicted octanol–water partition coefficient (Wildman–Crippen LogP) is 4.55. The first kappa shape index (κ1) is 25.4. The molecule has 0 saturated heterocycles. The smallest absolute Gasteiger partial charge is 0.337 e. The van der Waals surface area contributed by atoms with Crippen molar-refractivity contribution in [2.75, 3.05) is 26.1 Å². The maximum Gasteiger partial charge on any atom is 0.337 e. The highest BCUT2D eigenvalue weighted by atomic mass is 32.2. The molecule has 0 spiro atoms. The third kappa shape index (κ3) is 7.01. The summed E-state index contributed by atoms with van der Waals surface area (Å²) >= 11 is 0. The van der Waals surface area contributed by atoms with Crippen molar-refractivity contribution < 1.29 is 27.0 Å². The average molecular weight is 449 g/mol. The van der Waals surface area contributed by atoms with Crippen molar-refractivity contribution in [2.24, 2.45) is 0 Å². The van der Waals surface area contributed by atoms with E-state index in [2.05, 4.69) is 20.8 Å². The van der Waals surface area contributed by atoms with Gasteiger partial charge in [-0.25, -0.2) is 0 Å². The Labute approximate surface area is 172 Å². The van der Waals surface area contributed by atoms with Crippen LogP contribution in [0.5, 0.6) is 0 Å². The van der Waals surface area contributed by atoms with Crippen LogP contribution in [-0.2, 0) is 33.6 Å². The average Bonchev–Trinajstić information content (AvgIpc) is 2.60. The lowest BCUT2D eigenvalue weighted by Crippen LogP contribution is -2.48. The van der Waals surface area contributed by atoms with Crippen LogP contribution in [0.3, 0.4) is 0 Å². The number of aryl methyl sites for hydroxylation is 1. The van der Waals surface area contributed by atoms with Gasteiger partial charge in [0.15, 0.2) is 14.1 Å². The molecule has 1 rings (SSSR count). The van der Waals surface area contributed by atoms with Crippen LogP contribution in [0, 0.1) is 6.92 Å². The molecule has 0 radical (unpaired) electrons. The monoisotopic (exact) mass is 448 g/mol. The lowest BCUT2D eigenvalue weighted by atomic mass is 10.2. The third-order valence-corrected chi connectivity index (χ3v) is 12.8. The molecule has 0 amide bonds. The lowest BCUT2D eigenvalue weighted by molar-refractivity contribution is -0.123. The molecule has 160 valence electrons. The Morgan fingerprint density at radius 1 is 1.14 bits per heavy atom. The largest absolute Gasteiger partial charge is 0.406 e. The molecule has 28 heavy (non-hydrogen) atoms. The summed E-state index contributed by atoms with van der Waals surface area (Å²) in [5.41, 5.74) is 1.06. The minimum Gasteiger partial charge on any atom is -0.406 e. The Morgan fingerprint density at radius 3 is 2.07 bits per heavy atom. The number of carbonyl (C=O) groups excluding carboxylic acids is 1. The van der Waals surface area contributed by atoms with E-state index in [-0.39, 0.29) is 10.8 Å². The SMILES string of the molecule is COP(=O)(CC(=O)[C@@H](C[S@@](=O)c1ccc(C)cc1)O[Si](C)(C)C(C)(C)C)OC. The summed E-state index contributed by atoms with van der Waals surface area (Å²) in [7, 11) is -4.81. The van der Waals surface area contributed by atoms with Crippen molar-refractivity contribution in [3.05, 3.63) is 29.8 Å². The fourth-order valence-electron chi connectivity index (χ4n) is 2.15. The van der Waals surface area contributed by atoms with Crippen LogP contribution in [-0.4, -0.2) is 50.5 Å². The van der Waals surface area contributed by atoms with Crippen LogP contribution >= 0.6 is 7.60 Å². The van der Waals surface area contributed by atoms with Crippen molar-refractivity contribution in [3.8, 4) is 0 Å². The van der Waals surface area contributed by atoms with Gasteiger partial charge in [0.2, 0.25) is 0 Å². The highest BCUT2D eigenvalue weighted by molar-refractivity contribution is 7.85. The highest BCUT2D eigenvalue weighted by Crippen LogP contribution is 2.46. The van der Waals surface area contributed by atoms with Gasteiger partial charge in [0.05, 0.1) is 16.6 Å². The molecule has 0 aliphatic carbocycles. The summed E-state index contributed by atoms with van der Waals surface area (Å²) in [6, 6.07) is 7.33. The van der Waals surface area contributed by atoms with Gasteiger partial charge in [-0.1, -0.05) is 38.5 Å². The van der Waals surface area contributed by atoms with Gasteiger partial charge in [0.1, 0.15) is 12.3 Å². The van der Waals surface area contributed by atoms with Gasteiger partial charge < -0.3 is 13.5 Å². The third-order valence-electron chi connectivity index (χ3n) is 5.09. The maximum atomic E-state index is 12.9. The fraction of sp³-hybridized carbons (Fsp3) is 0.632. The summed E-state index contributed by atoms with van der Waals surface area (Å²) in [6.45, 7) is 12.2. The number of carbonyl (C=O) groups is 1. The Hall–Kier alpha value is -0.633. The van der Waals surface area contributed by atoms with Crippen LogP contribution in [0.1, 0.15) is 26.3 Å². The molecule has 2 atom stereocenters. The van der Waals surface area contributed by atoms with Crippen LogP contribution in [0.2, 0.25) is 18.1 Å². The zero-order valence-electron chi connectivity index (χ0n) is 18.1. The Balaban J connectivity index is 3.13. The molecule has 0 unspecified atom stereocenters. The zero-order chi connectivity index (χ0) is 21.8. The normalized spacial score (nSPS) is 15.3. The first-order valence-electron chi connectivity index (χ1n) is 9.11. The zero-order valence-corrected chi connectivity index (χ0v) is 20.8. The van der Waals surface area contributed by atoms with Crippen LogP contribution in [0.15, 0.2) is 29.2 Å². The Morgan fingerprint density at radius 2 is 1.64 bits per heavy atom. The van der Waals surface area contributed by atoms with Crippen molar-refractivity contribution in [1.29, 1.82) is 0 Å². The number of rotatable bonds is 10. The molecule has 0 heterocycles. The lowest BCUT2D eigenvalue weighted by Gasteiger charge is -2.38. The fourth-order valence-corrected chi connectivity index (χ4v) is 5.70. The molecule has 1 aromatic carbocycles. The number of ketones is 1. The molecule has 0 fully saturated rings. The van der Waals surface area contributed by atoms with E-state index in [4.69, 9.17) is 13.5 Å². The van der Waals surface area contributed by atoms with Crippen molar-refractivity contribution in [1.82, 2.24) is 0 Å². The molecule has 6 nitrogen and oxygen atoms in total. The predicted molar refractivity (Wildman–Crippen MR) is 116 cm³/mol. The summed E-state index contributed by atoms with van der Waals surface area (Å²) in [6.07, 6.45) is -1.36. The molecule has 0 saturated carbocycles. The maximum absolute atomic E-state index is 12.9. The Bertz CT molecular complexity index is 734. The molecule has 0 aliphatic heterocycles. The van der Waals surface area contributed by atoms with E-state index in [9.17, 15) is 13.6 Å². The number of hydrogen-bond donors (Lipinski definition) is 0. The van der Waals surface area contributed by atoms with Gasteiger partial charge >= 0.3 is 7.60 Å². The Kier molecular flexibility index (Phi) is 9.00. The van der Waals surface area contributed by atoms with E-state index in [0.717, 1.165) is 5.56 Å². The van der Waals surface area contributed by atoms with E-state index in [1.165, 1.54) is 14.2 Å². The van der Waals surface area contributed by atoms with E-state index in [1.54, 1.807) is 12.1 Å². The topological polar surface area (TPSA) is 78.9 Å². The minimum absolute atomic E-state index is 0.00182. The van der Waals surface area contributed by atoms with Gasteiger partial charge in [0, 0.05) is 19.1 Å². The number of Topliss-reactive ketones (excluding diaryl/α,β-unsaturated/α-hetero) is 1. The molecule has 0 aliphatic rings. The number of benzene rings is 1. The second-order valence-corrected chi connectivity index (χ2v) is 16.8. The quantitative estimate of drug-likeness (QED) is 0.386. The number of hydrogen-bond acceptors (Lipinski definition) is 6. The van der Waals surface area contributed by atoms with E-state index in [0.29, 0.717) is 4.90 Å². The molecular weight excluding hydrogens is 415 g/mol. The van der Waals surface area contributed by atoms with Gasteiger partial charge in [-0.3, -0.25) is 13.6 Å². The van der Waals surface area contributed by atoms with E-state index < -0.39 is 44.8 Å². The van der Waals surface area contributed by atoms with Crippen LogP contribution in [0.25, 0.3) is 0 Å². The molecule has 1 aromatic rings. The molecule has 0 N–H and O–H groups in total. The van der Waals surface area contributed by atoms with Gasteiger partial charge in [-0.05, 0) is 37.2 Å². The van der Waals surface area contributed by atoms with Crippen LogP contribution < -0.4 is 0 Å². The van der Waals surface area contributed by atoms with E-state index >= 15 is 0 Å². The molecular formula is C19H33O6PSSi. The van der Waals surface area contributed by atoms with Crippen molar-refractivity contribution in [3.63, 3.8) is 0 Å². The summed E-state index contributed by atoms with van der Waals surface area (Å²) in [4.78, 5) is 13.6. The first-order chi connectivity index (χ1) is 12.7. The second-order valence-electron chi connectivity index (χ2n) is 8.29. The van der Waals surface area contributed by atoms with Gasteiger partial charge in [-0.2, -0.15) is 0 Å². The summed E-state index contributed by atoms with van der Waals surface area (Å²) in [5.74, 6) is -0.417. The highest BCUT2D eigenvalue weighted by Gasteiger charge is 2.42. The molecule has 0 aromatic heterocycles. The molecule has 9 heteroatoms. The van der Waals surface area contributed by atoms with Gasteiger partial charge in [0.25, 0.3) is 0 Å². The molecule has 0 bridgehead atoms. The van der Waals surface area contributed by atoms with Gasteiger partial charge in [-0.15, -0.1) is 0 Å². The van der Waals surface area contributed by atoms with Crippen LogP contribution in [0.4, 0.5) is 0 Å². The first-order valence-corrected chi connectivity index (χ1v) is 15.1. The van der Waals surface area contributed by atoms with E-state index in [1.807, 2.05) is 32.2 Å². The standard InChI is InChI=1S/C19H33O6PSSi/c1-15-9-11-16(12-10-15)27(22)14-18(25-28(7,8)19(2,3)4)17(20)13-26(21,23-5)24-6/h9-12,18H,13-14H2,1-8H3/t18-,27-/m1/s1. The second kappa shape index (κ2) is 9.91. The summed E-state index contributed by atoms with van der Waals surface area (Å²) < 4.78 is 41.4. The van der Waals surface area contributed by atoms with Crippen molar-refractivity contribution in [2.45, 2.75) is 56.8 Å².